The van der Waals surface area contributed by atoms with E-state index in [1.54, 1.807) is 6.92 Å². The average molecular weight is 243 g/mol. The summed E-state index contributed by atoms with van der Waals surface area (Å²) in [5.41, 5.74) is 2.74. The fraction of sp³-hybridized carbons (Fsp3) is 0.286. The van der Waals surface area contributed by atoms with Crippen LogP contribution in [0.2, 0.25) is 0 Å². The predicted octanol–water partition coefficient (Wildman–Crippen LogP) is 2.16. The molecule has 0 spiro atoms. The molecule has 0 N–H and O–H groups in total. The third-order valence-corrected chi connectivity index (χ3v) is 3.17. The van der Waals surface area contributed by atoms with Crippen LogP contribution in [0.3, 0.4) is 0 Å². The van der Waals surface area contributed by atoms with E-state index < -0.39 is 5.97 Å². The molecule has 1 aromatic rings. The van der Waals surface area contributed by atoms with Crippen LogP contribution in [-0.4, -0.2) is 18.2 Å². The van der Waals surface area contributed by atoms with Crippen molar-refractivity contribution in [3.05, 3.63) is 47.5 Å². The summed E-state index contributed by atoms with van der Waals surface area (Å²) in [7, 11) is 0. The van der Waals surface area contributed by atoms with E-state index in [9.17, 15) is 4.79 Å². The molecular formula is C14H13NO3. The van der Waals surface area contributed by atoms with Gasteiger partial charge in [-0.05, 0) is 18.1 Å². The predicted molar refractivity (Wildman–Crippen MR) is 66.1 cm³/mol. The number of ether oxygens (including phenoxy) is 2. The normalized spacial score (nSPS) is 23.7. The van der Waals surface area contributed by atoms with Crippen LogP contribution < -0.4 is 0 Å². The van der Waals surface area contributed by atoms with E-state index in [0.717, 1.165) is 12.0 Å². The number of esters is 1. The maximum Gasteiger partial charge on any atom is 0.392 e. The largest absolute Gasteiger partial charge is 0.444 e. The monoisotopic (exact) mass is 243 g/mol. The van der Waals surface area contributed by atoms with Gasteiger partial charge in [-0.15, -0.1) is 0 Å². The van der Waals surface area contributed by atoms with Crippen molar-refractivity contribution in [2.45, 2.75) is 25.5 Å². The Kier molecular flexibility index (Phi) is 2.44. The zero-order chi connectivity index (χ0) is 12.7. The van der Waals surface area contributed by atoms with E-state index in [0.29, 0.717) is 5.57 Å². The molecule has 18 heavy (non-hydrogen) atoms. The Morgan fingerprint density at radius 1 is 1.50 bits per heavy atom. The van der Waals surface area contributed by atoms with Gasteiger partial charge >= 0.3 is 12.1 Å². The highest BCUT2D eigenvalue weighted by molar-refractivity contribution is 5.95. The van der Waals surface area contributed by atoms with Crippen LogP contribution >= 0.6 is 0 Å². The minimum atomic E-state index is -0.498. The lowest BCUT2D eigenvalue weighted by Gasteiger charge is -2.07. The van der Waals surface area contributed by atoms with Crippen molar-refractivity contribution in [3.8, 4) is 0 Å². The van der Waals surface area contributed by atoms with Gasteiger partial charge in [0.2, 0.25) is 0 Å². The third-order valence-electron chi connectivity index (χ3n) is 3.17. The lowest BCUT2D eigenvalue weighted by molar-refractivity contribution is -0.132. The molecule has 0 saturated carbocycles. The minimum Gasteiger partial charge on any atom is -0.444 e. The van der Waals surface area contributed by atoms with Crippen LogP contribution in [0.4, 0.5) is 0 Å². The smallest absolute Gasteiger partial charge is 0.392 e. The second-order valence-corrected chi connectivity index (χ2v) is 4.57. The van der Waals surface area contributed by atoms with Gasteiger partial charge in [0.25, 0.3) is 0 Å². The fourth-order valence-corrected chi connectivity index (χ4v) is 2.29. The van der Waals surface area contributed by atoms with Gasteiger partial charge in [0.15, 0.2) is 0 Å². The molecule has 1 heterocycles. The summed E-state index contributed by atoms with van der Waals surface area (Å²) in [6.07, 6.45) is 0.821. The quantitative estimate of drug-likeness (QED) is 0.561. The summed E-state index contributed by atoms with van der Waals surface area (Å²) in [4.78, 5) is 15.7. The van der Waals surface area contributed by atoms with Crippen molar-refractivity contribution in [1.29, 1.82) is 0 Å². The SMILES string of the molecule is C=C(C)C(=O)OC1=N[C@H]2c3ccccc3C[C@H]2O1. The van der Waals surface area contributed by atoms with Crippen LogP contribution in [0.25, 0.3) is 0 Å². The molecule has 2 aliphatic rings. The number of hydrogen-bond donors (Lipinski definition) is 0. The molecule has 92 valence electrons. The summed E-state index contributed by atoms with van der Waals surface area (Å²) in [5, 5.41) is 0. The van der Waals surface area contributed by atoms with Gasteiger partial charge in [0, 0.05) is 12.0 Å². The molecule has 2 atom stereocenters. The number of nitrogens with zero attached hydrogens (tertiary/aromatic N) is 1. The first kappa shape index (κ1) is 11.0. The molecule has 0 fully saturated rings. The molecule has 0 bridgehead atoms. The van der Waals surface area contributed by atoms with Gasteiger partial charge in [0.1, 0.15) is 12.1 Å². The summed E-state index contributed by atoms with van der Waals surface area (Å²) >= 11 is 0. The second kappa shape index (κ2) is 3.98. The van der Waals surface area contributed by atoms with Crippen LogP contribution in [0.1, 0.15) is 24.1 Å². The molecule has 0 aromatic heterocycles. The van der Waals surface area contributed by atoms with Gasteiger partial charge in [-0.2, -0.15) is 0 Å². The first-order valence-electron chi connectivity index (χ1n) is 5.85. The summed E-state index contributed by atoms with van der Waals surface area (Å²) in [5.74, 6) is -0.498. The lowest BCUT2D eigenvalue weighted by Crippen LogP contribution is -2.17. The lowest BCUT2D eigenvalue weighted by atomic mass is 10.1. The second-order valence-electron chi connectivity index (χ2n) is 4.57. The Morgan fingerprint density at radius 2 is 2.28 bits per heavy atom. The first-order chi connectivity index (χ1) is 8.65. The maximum atomic E-state index is 11.4. The Bertz CT molecular complexity index is 562. The highest BCUT2D eigenvalue weighted by Gasteiger charge is 2.40. The highest BCUT2D eigenvalue weighted by atomic mass is 16.7. The summed E-state index contributed by atoms with van der Waals surface area (Å²) < 4.78 is 10.6. The number of aliphatic imine (C=N–C) groups is 1. The molecule has 3 rings (SSSR count). The number of fused-ring (bicyclic) bond motifs is 3. The van der Waals surface area contributed by atoms with Crippen molar-refractivity contribution >= 4 is 12.1 Å². The molecule has 1 aliphatic carbocycles. The topological polar surface area (TPSA) is 47.9 Å². The van der Waals surface area contributed by atoms with E-state index in [1.807, 2.05) is 18.2 Å². The van der Waals surface area contributed by atoms with Crippen LogP contribution in [-0.2, 0) is 20.7 Å². The van der Waals surface area contributed by atoms with Crippen molar-refractivity contribution < 1.29 is 14.3 Å². The van der Waals surface area contributed by atoms with Crippen LogP contribution in [0.5, 0.6) is 0 Å². The molecule has 0 radical (unpaired) electrons. The van der Waals surface area contributed by atoms with Crippen molar-refractivity contribution in [3.63, 3.8) is 0 Å². The van der Waals surface area contributed by atoms with Crippen molar-refractivity contribution in [2.24, 2.45) is 4.99 Å². The van der Waals surface area contributed by atoms with E-state index in [1.165, 1.54) is 5.56 Å². The van der Waals surface area contributed by atoms with Gasteiger partial charge in [0.05, 0.1) is 0 Å². The molecular weight excluding hydrogens is 230 g/mol. The van der Waals surface area contributed by atoms with Crippen LogP contribution in [0, 0.1) is 0 Å². The Morgan fingerprint density at radius 3 is 3.06 bits per heavy atom. The molecule has 4 heteroatoms. The fourth-order valence-electron chi connectivity index (χ4n) is 2.29. The molecule has 4 nitrogen and oxygen atoms in total. The van der Waals surface area contributed by atoms with Gasteiger partial charge in [-0.1, -0.05) is 30.8 Å². The summed E-state index contributed by atoms with van der Waals surface area (Å²) in [6, 6.07) is 8.05. The van der Waals surface area contributed by atoms with E-state index >= 15 is 0 Å². The van der Waals surface area contributed by atoms with Crippen molar-refractivity contribution in [2.75, 3.05) is 0 Å². The Hall–Kier alpha value is -2.10. The number of rotatable bonds is 1. The first-order valence-corrected chi connectivity index (χ1v) is 5.85. The Balaban J connectivity index is 1.81. The average Bonchev–Trinajstić information content (AvgIpc) is 2.85. The number of carbonyl (C=O) groups is 1. The standard InChI is InChI=1S/C14H13NO3/c1-8(2)13(16)18-14-15-12-10-6-4-3-5-9(10)7-11(12)17-14/h3-6,11-12H,1,7H2,2H3/t11-,12+/m1/s1. The van der Waals surface area contributed by atoms with Crippen LogP contribution in [0.15, 0.2) is 41.4 Å². The Labute approximate surface area is 105 Å². The molecule has 0 amide bonds. The molecule has 1 aromatic carbocycles. The minimum absolute atomic E-state index is 0.0460. The molecule has 0 unspecified atom stereocenters. The van der Waals surface area contributed by atoms with E-state index in [2.05, 4.69) is 17.6 Å². The third kappa shape index (κ3) is 1.70. The van der Waals surface area contributed by atoms with Gasteiger partial charge in [-0.3, -0.25) is 0 Å². The van der Waals surface area contributed by atoms with E-state index in [4.69, 9.17) is 9.47 Å². The number of hydrogen-bond acceptors (Lipinski definition) is 4. The maximum absolute atomic E-state index is 11.4. The van der Waals surface area contributed by atoms with Gasteiger partial charge < -0.3 is 9.47 Å². The summed E-state index contributed by atoms with van der Waals surface area (Å²) in [6.45, 7) is 5.11. The zero-order valence-corrected chi connectivity index (χ0v) is 10.1. The van der Waals surface area contributed by atoms with E-state index in [-0.39, 0.29) is 18.2 Å². The van der Waals surface area contributed by atoms with Gasteiger partial charge in [-0.25, -0.2) is 9.79 Å². The number of benzene rings is 1. The zero-order valence-electron chi connectivity index (χ0n) is 10.1. The van der Waals surface area contributed by atoms with Crippen molar-refractivity contribution in [1.82, 2.24) is 0 Å². The molecule has 0 saturated heterocycles. The molecule has 1 aliphatic heterocycles. The number of carbonyl (C=O) groups excluding carboxylic acids is 1. The highest BCUT2D eigenvalue weighted by Crippen LogP contribution is 2.39.